The number of methoxy groups -OCH3 is 1. The Morgan fingerprint density at radius 2 is 1.81 bits per heavy atom. The van der Waals surface area contributed by atoms with Gasteiger partial charge in [0.1, 0.15) is 18.5 Å². The third kappa shape index (κ3) is 5.60. The van der Waals surface area contributed by atoms with E-state index in [0.717, 1.165) is 24.0 Å². The normalized spacial score (nSPS) is 21.7. The second-order valence-electron chi connectivity index (χ2n) is 12.4. The number of nitrogens with one attached hydrogen (secondary N) is 1. The van der Waals surface area contributed by atoms with Gasteiger partial charge in [0.25, 0.3) is 5.91 Å². The van der Waals surface area contributed by atoms with Crippen LogP contribution in [-0.4, -0.2) is 41.3 Å². The minimum Gasteiger partial charge on any atom is -0.481 e. The number of pyridine rings is 1. The maximum atomic E-state index is 15.2. The summed E-state index contributed by atoms with van der Waals surface area (Å²) < 4.78 is 26.0. The fourth-order valence-corrected chi connectivity index (χ4v) is 6.67. The van der Waals surface area contributed by atoms with Crippen molar-refractivity contribution in [3.63, 3.8) is 0 Å². The molecule has 0 radical (unpaired) electrons. The fourth-order valence-electron chi connectivity index (χ4n) is 6.67. The summed E-state index contributed by atoms with van der Waals surface area (Å²) >= 11 is 0. The fraction of sp³-hybridized carbons (Fsp3) is 0.412. The van der Waals surface area contributed by atoms with Gasteiger partial charge in [-0.15, -0.1) is 0 Å². The van der Waals surface area contributed by atoms with E-state index in [0.29, 0.717) is 47.7 Å². The second-order valence-corrected chi connectivity index (χ2v) is 12.4. The van der Waals surface area contributed by atoms with Crippen LogP contribution in [0.15, 0.2) is 54.6 Å². The molecule has 2 amide bonds. The Hall–Kier alpha value is -4.27. The minimum atomic E-state index is -0.952. The average Bonchev–Trinajstić information content (AvgIpc) is 3.29. The van der Waals surface area contributed by atoms with E-state index in [1.165, 1.54) is 13.2 Å². The number of aryl methyl sites for hydroxylation is 1. The zero-order valence-corrected chi connectivity index (χ0v) is 24.7. The predicted molar refractivity (Wildman–Crippen MR) is 158 cm³/mol. The first-order valence-corrected chi connectivity index (χ1v) is 14.8. The number of fused-ring (bicyclic) bond motifs is 2. The SMILES string of the molecule is COc1ccc2c(n1)CCN(C(=O)C1CC(C(=O)OCc3ccccc3)C1)C2C(=O)Nc1cc(F)c2c(c1)CCC2(C)C. The molecule has 1 atom stereocenters. The molecule has 1 fully saturated rings. The highest BCUT2D eigenvalue weighted by atomic mass is 19.1. The highest BCUT2D eigenvalue weighted by Crippen LogP contribution is 2.42. The maximum Gasteiger partial charge on any atom is 0.309 e. The molecule has 1 aliphatic heterocycles. The summed E-state index contributed by atoms with van der Waals surface area (Å²) in [5, 5.41) is 2.89. The standard InChI is InChI=1S/C34H36FN3O5/c1-34(2)13-11-21-17-24(18-26(35)29(21)34)36-31(39)30-25-9-10-28(42-3)37-27(25)12-14-38(30)32(40)22-15-23(16-22)33(41)43-19-20-7-5-4-6-8-20/h4-10,17-18,22-23,30H,11-16,19H2,1-3H3,(H,36,39). The topological polar surface area (TPSA) is 97.8 Å². The molecule has 0 saturated heterocycles. The summed E-state index contributed by atoms with van der Waals surface area (Å²) in [4.78, 5) is 46.4. The Kier molecular flexibility index (Phi) is 7.66. The lowest BCUT2D eigenvalue weighted by Crippen LogP contribution is -2.50. The van der Waals surface area contributed by atoms with Crippen molar-refractivity contribution in [2.24, 2.45) is 11.8 Å². The van der Waals surface area contributed by atoms with Gasteiger partial charge in [0.2, 0.25) is 11.8 Å². The molecule has 8 nitrogen and oxygen atoms in total. The number of carbonyl (C=O) groups excluding carboxylic acids is 3. The smallest absolute Gasteiger partial charge is 0.309 e. The summed E-state index contributed by atoms with van der Waals surface area (Å²) in [5.41, 5.74) is 3.89. The van der Waals surface area contributed by atoms with Gasteiger partial charge in [0.05, 0.1) is 18.7 Å². The monoisotopic (exact) mass is 585 g/mol. The van der Waals surface area contributed by atoms with Gasteiger partial charge in [-0.25, -0.2) is 9.37 Å². The number of hydrogen-bond acceptors (Lipinski definition) is 6. The number of rotatable bonds is 7. The predicted octanol–water partition coefficient (Wildman–Crippen LogP) is 5.29. The van der Waals surface area contributed by atoms with Crippen LogP contribution in [0.3, 0.4) is 0 Å². The van der Waals surface area contributed by atoms with Gasteiger partial charge in [-0.3, -0.25) is 14.4 Å². The highest BCUT2D eigenvalue weighted by molar-refractivity contribution is 5.99. The van der Waals surface area contributed by atoms with Crippen LogP contribution < -0.4 is 10.1 Å². The lowest BCUT2D eigenvalue weighted by Gasteiger charge is -2.41. The van der Waals surface area contributed by atoms with Crippen LogP contribution in [0.5, 0.6) is 5.88 Å². The van der Waals surface area contributed by atoms with Crippen molar-refractivity contribution < 1.29 is 28.2 Å². The van der Waals surface area contributed by atoms with Gasteiger partial charge in [-0.2, -0.15) is 0 Å². The lowest BCUT2D eigenvalue weighted by molar-refractivity contribution is -0.159. The van der Waals surface area contributed by atoms with E-state index in [1.54, 1.807) is 17.0 Å². The number of anilines is 1. The van der Waals surface area contributed by atoms with Crippen LogP contribution in [0, 0.1) is 17.7 Å². The largest absolute Gasteiger partial charge is 0.481 e. The zero-order valence-electron chi connectivity index (χ0n) is 24.7. The molecule has 2 aromatic carbocycles. The van der Waals surface area contributed by atoms with Crippen LogP contribution in [0.25, 0.3) is 0 Å². The van der Waals surface area contributed by atoms with Crippen molar-refractivity contribution >= 4 is 23.5 Å². The summed E-state index contributed by atoms with van der Waals surface area (Å²) in [6.45, 7) is 4.53. The van der Waals surface area contributed by atoms with E-state index < -0.39 is 17.9 Å². The molecule has 9 heteroatoms. The van der Waals surface area contributed by atoms with E-state index in [9.17, 15) is 14.4 Å². The molecule has 1 aromatic heterocycles. The van der Waals surface area contributed by atoms with E-state index in [4.69, 9.17) is 9.47 Å². The number of halogens is 1. The molecule has 1 unspecified atom stereocenters. The Bertz CT molecular complexity index is 1570. The minimum absolute atomic E-state index is 0.185. The Morgan fingerprint density at radius 1 is 1.05 bits per heavy atom. The first-order chi connectivity index (χ1) is 20.6. The molecular weight excluding hydrogens is 549 g/mol. The van der Waals surface area contributed by atoms with Crippen LogP contribution >= 0.6 is 0 Å². The summed E-state index contributed by atoms with van der Waals surface area (Å²) in [7, 11) is 1.53. The zero-order chi connectivity index (χ0) is 30.3. The van der Waals surface area contributed by atoms with Crippen LogP contribution in [0.2, 0.25) is 0 Å². The Balaban J connectivity index is 1.19. The van der Waals surface area contributed by atoms with Gasteiger partial charge < -0.3 is 19.7 Å². The Labute approximate surface area is 250 Å². The number of carbonyl (C=O) groups is 3. The molecule has 2 heterocycles. The van der Waals surface area contributed by atoms with Crippen molar-refractivity contribution in [1.29, 1.82) is 0 Å². The number of hydrogen-bond donors (Lipinski definition) is 1. The van der Waals surface area contributed by atoms with Gasteiger partial charge in [-0.1, -0.05) is 44.2 Å². The number of nitrogens with zero attached hydrogens (tertiary/aromatic N) is 2. The molecule has 224 valence electrons. The molecule has 6 rings (SSSR count). The molecule has 0 spiro atoms. The first kappa shape index (κ1) is 28.8. The van der Waals surface area contributed by atoms with Crippen molar-refractivity contribution in [2.45, 2.75) is 64.0 Å². The van der Waals surface area contributed by atoms with Crippen LogP contribution in [0.1, 0.15) is 67.1 Å². The number of aromatic nitrogens is 1. The highest BCUT2D eigenvalue weighted by Gasteiger charge is 2.45. The average molecular weight is 586 g/mol. The first-order valence-electron chi connectivity index (χ1n) is 14.8. The third-order valence-corrected chi connectivity index (χ3v) is 9.10. The van der Waals surface area contributed by atoms with Crippen molar-refractivity contribution in [1.82, 2.24) is 9.88 Å². The maximum absolute atomic E-state index is 15.2. The quantitative estimate of drug-likeness (QED) is 0.379. The van der Waals surface area contributed by atoms with Crippen LogP contribution in [0.4, 0.5) is 10.1 Å². The molecule has 1 saturated carbocycles. The van der Waals surface area contributed by atoms with Crippen molar-refractivity contribution in [2.75, 3.05) is 19.0 Å². The lowest BCUT2D eigenvalue weighted by atomic mass is 9.73. The van der Waals surface area contributed by atoms with Crippen molar-refractivity contribution in [3.8, 4) is 5.88 Å². The number of esters is 1. The summed E-state index contributed by atoms with van der Waals surface area (Å²) in [6, 6.07) is 15.1. The van der Waals surface area contributed by atoms with E-state index in [2.05, 4.69) is 10.3 Å². The molecular formula is C34H36FN3O5. The van der Waals surface area contributed by atoms with E-state index in [1.807, 2.05) is 50.2 Å². The van der Waals surface area contributed by atoms with Crippen molar-refractivity contribution in [3.05, 3.63) is 88.4 Å². The Morgan fingerprint density at radius 3 is 2.56 bits per heavy atom. The van der Waals surface area contributed by atoms with Crippen LogP contribution in [-0.2, 0) is 44.0 Å². The van der Waals surface area contributed by atoms with Gasteiger partial charge in [-0.05, 0) is 66.0 Å². The third-order valence-electron chi connectivity index (χ3n) is 9.10. The second kappa shape index (κ2) is 11.4. The molecule has 2 aliphatic carbocycles. The van der Waals surface area contributed by atoms with Gasteiger partial charge in [0, 0.05) is 36.2 Å². The number of benzene rings is 2. The van der Waals surface area contributed by atoms with E-state index in [-0.39, 0.29) is 42.2 Å². The molecule has 3 aromatic rings. The number of ether oxygens (including phenoxy) is 2. The van der Waals surface area contributed by atoms with E-state index >= 15 is 4.39 Å². The molecule has 0 bridgehead atoms. The van der Waals surface area contributed by atoms with Gasteiger partial charge >= 0.3 is 5.97 Å². The summed E-state index contributed by atoms with van der Waals surface area (Å²) in [5.74, 6) is -1.59. The molecule has 3 aliphatic rings. The molecule has 43 heavy (non-hydrogen) atoms. The molecule has 1 N–H and O–H groups in total. The van der Waals surface area contributed by atoms with Gasteiger partial charge in [0.15, 0.2) is 0 Å². The number of amides is 2. The summed E-state index contributed by atoms with van der Waals surface area (Å²) in [6.07, 6.45) is 2.78.